The van der Waals surface area contributed by atoms with Gasteiger partial charge in [-0.15, -0.1) is 0 Å². The Labute approximate surface area is 115 Å². The van der Waals surface area contributed by atoms with E-state index in [1.165, 1.54) is 10.7 Å². The fourth-order valence-electron chi connectivity index (χ4n) is 1.92. The van der Waals surface area contributed by atoms with Crippen molar-refractivity contribution >= 4 is 12.1 Å². The van der Waals surface area contributed by atoms with Crippen molar-refractivity contribution in [1.29, 1.82) is 0 Å². The van der Waals surface area contributed by atoms with Crippen LogP contribution < -0.4 is 0 Å². The van der Waals surface area contributed by atoms with Gasteiger partial charge in [0.2, 0.25) is 0 Å². The predicted octanol–water partition coefficient (Wildman–Crippen LogP) is 1.80. The second kappa shape index (κ2) is 5.64. The summed E-state index contributed by atoms with van der Waals surface area (Å²) in [7, 11) is 1.59. The largest absolute Gasteiger partial charge is 0.390 e. The van der Waals surface area contributed by atoms with Crippen molar-refractivity contribution in [1.82, 2.24) is 19.6 Å². The summed E-state index contributed by atoms with van der Waals surface area (Å²) in [6.07, 6.45) is 4.31. The second-order valence-electron chi connectivity index (χ2n) is 4.44. The van der Waals surface area contributed by atoms with E-state index in [1.807, 2.05) is 0 Å². The zero-order valence-corrected chi connectivity index (χ0v) is 11.3. The van der Waals surface area contributed by atoms with Crippen LogP contribution in [-0.4, -0.2) is 30.8 Å². The molecule has 2 aromatic heterocycles. The first-order valence-electron chi connectivity index (χ1n) is 6.28. The van der Waals surface area contributed by atoms with Crippen LogP contribution in [0.4, 0.5) is 5.82 Å². The van der Waals surface area contributed by atoms with E-state index < -0.39 is 4.92 Å². The Hall–Kier alpha value is -2.51. The highest BCUT2D eigenvalue weighted by molar-refractivity contribution is 5.84. The third kappa shape index (κ3) is 2.58. The number of hydrogen-bond donors (Lipinski definition) is 0. The molecule has 0 saturated carbocycles. The minimum Gasteiger partial charge on any atom is -0.358 e. The molecule has 0 aliphatic rings. The molecule has 2 heterocycles. The Bertz CT molecular complexity index is 644. The van der Waals surface area contributed by atoms with Gasteiger partial charge < -0.3 is 10.1 Å². The van der Waals surface area contributed by atoms with Gasteiger partial charge in [-0.2, -0.15) is 9.78 Å². The lowest BCUT2D eigenvalue weighted by molar-refractivity contribution is -0.389. The summed E-state index contributed by atoms with van der Waals surface area (Å²) in [5.41, 5.74) is 1.27. The molecule has 0 aromatic carbocycles. The van der Waals surface area contributed by atoms with E-state index in [-0.39, 0.29) is 5.82 Å². The Kier molecular flexibility index (Phi) is 3.92. The summed E-state index contributed by atoms with van der Waals surface area (Å²) in [5.74, 6) is -0.262. The molecule has 0 N–H and O–H groups in total. The molecule has 0 amide bonds. The van der Waals surface area contributed by atoms with Crippen LogP contribution >= 0.6 is 0 Å². The summed E-state index contributed by atoms with van der Waals surface area (Å²) in [6, 6.07) is 1.32. The standard InChI is InChI=1S/C12H15N5O3/c1-3-4-5-16-7-9(8-18)12(14-16)10-6-11(17(19)20)13-15(10)2/h6-8H,3-5H2,1-2H3. The Balaban J connectivity index is 2.43. The van der Waals surface area contributed by atoms with Gasteiger partial charge in [0.25, 0.3) is 0 Å². The van der Waals surface area contributed by atoms with Crippen LogP contribution in [0.5, 0.6) is 0 Å². The molecule has 2 aromatic rings. The number of nitrogens with zero attached hydrogens (tertiary/aromatic N) is 5. The van der Waals surface area contributed by atoms with Crippen molar-refractivity contribution in [3.8, 4) is 11.4 Å². The SMILES string of the molecule is CCCCn1cc(C=O)c(-c2cc([N+](=O)[O-])nn2C)n1. The first-order chi connectivity index (χ1) is 9.56. The second-order valence-corrected chi connectivity index (χ2v) is 4.44. The molecule has 0 saturated heterocycles. The summed E-state index contributed by atoms with van der Waals surface area (Å²) in [4.78, 5) is 21.3. The summed E-state index contributed by atoms with van der Waals surface area (Å²) in [6.45, 7) is 2.77. The third-order valence-electron chi connectivity index (χ3n) is 2.95. The van der Waals surface area contributed by atoms with E-state index in [4.69, 9.17) is 0 Å². The van der Waals surface area contributed by atoms with Gasteiger partial charge in [0, 0.05) is 12.7 Å². The fourth-order valence-corrected chi connectivity index (χ4v) is 1.92. The van der Waals surface area contributed by atoms with Crippen LogP contribution in [0.25, 0.3) is 11.4 Å². The van der Waals surface area contributed by atoms with Crippen molar-refractivity contribution in [3.63, 3.8) is 0 Å². The molecule has 8 nitrogen and oxygen atoms in total. The molecule has 0 bridgehead atoms. The molecule has 8 heteroatoms. The summed E-state index contributed by atoms with van der Waals surface area (Å²) < 4.78 is 3.04. The summed E-state index contributed by atoms with van der Waals surface area (Å²) in [5, 5.41) is 18.8. The highest BCUT2D eigenvalue weighted by Gasteiger charge is 2.21. The van der Waals surface area contributed by atoms with Crippen molar-refractivity contribution in [2.75, 3.05) is 0 Å². The van der Waals surface area contributed by atoms with E-state index >= 15 is 0 Å². The molecule has 0 atom stereocenters. The normalized spacial score (nSPS) is 10.7. The molecular formula is C12H15N5O3. The number of nitro groups is 1. The maximum atomic E-state index is 11.1. The van der Waals surface area contributed by atoms with E-state index in [0.29, 0.717) is 29.8 Å². The van der Waals surface area contributed by atoms with Gasteiger partial charge in [0.15, 0.2) is 6.29 Å². The number of rotatable bonds is 6. The average molecular weight is 277 g/mol. The lowest BCUT2D eigenvalue weighted by Gasteiger charge is -1.98. The minimum absolute atomic E-state index is 0.262. The molecule has 0 radical (unpaired) electrons. The quantitative estimate of drug-likeness (QED) is 0.455. The van der Waals surface area contributed by atoms with Gasteiger partial charge in [-0.3, -0.25) is 9.48 Å². The molecule has 0 aliphatic heterocycles. The van der Waals surface area contributed by atoms with Crippen molar-refractivity contribution < 1.29 is 9.72 Å². The maximum absolute atomic E-state index is 11.1. The van der Waals surface area contributed by atoms with Crippen molar-refractivity contribution in [2.45, 2.75) is 26.3 Å². The van der Waals surface area contributed by atoms with E-state index in [0.717, 1.165) is 12.8 Å². The Morgan fingerprint density at radius 3 is 2.75 bits per heavy atom. The van der Waals surface area contributed by atoms with Crippen LogP contribution in [0.15, 0.2) is 12.3 Å². The van der Waals surface area contributed by atoms with Gasteiger partial charge in [-0.05, 0) is 11.3 Å². The molecule has 0 aliphatic carbocycles. The lowest BCUT2D eigenvalue weighted by atomic mass is 10.2. The number of carbonyl (C=O) groups excluding carboxylic acids is 1. The van der Waals surface area contributed by atoms with Crippen LogP contribution in [-0.2, 0) is 13.6 Å². The molecule has 0 unspecified atom stereocenters. The topological polar surface area (TPSA) is 95.9 Å². The maximum Gasteiger partial charge on any atom is 0.390 e. The average Bonchev–Trinajstić information content (AvgIpc) is 2.99. The van der Waals surface area contributed by atoms with Crippen LogP contribution in [0.3, 0.4) is 0 Å². The molecule has 20 heavy (non-hydrogen) atoms. The molecule has 0 fully saturated rings. The number of carbonyl (C=O) groups is 1. The van der Waals surface area contributed by atoms with E-state index in [9.17, 15) is 14.9 Å². The van der Waals surface area contributed by atoms with Gasteiger partial charge >= 0.3 is 5.82 Å². The number of unbranched alkanes of at least 4 members (excludes halogenated alkanes) is 1. The minimum atomic E-state index is -0.571. The van der Waals surface area contributed by atoms with Gasteiger partial charge in [-0.25, -0.2) is 0 Å². The molecule has 2 rings (SSSR count). The molecular weight excluding hydrogens is 262 g/mol. The van der Waals surface area contributed by atoms with Crippen LogP contribution in [0, 0.1) is 10.1 Å². The number of aryl methyl sites for hydroxylation is 2. The predicted molar refractivity (Wildman–Crippen MR) is 71.4 cm³/mol. The fraction of sp³-hybridized carbons (Fsp3) is 0.417. The Morgan fingerprint density at radius 2 is 2.20 bits per heavy atom. The lowest BCUT2D eigenvalue weighted by Crippen LogP contribution is -1.99. The summed E-state index contributed by atoms with van der Waals surface area (Å²) >= 11 is 0. The highest BCUT2D eigenvalue weighted by atomic mass is 16.6. The van der Waals surface area contributed by atoms with Crippen molar-refractivity contribution in [2.24, 2.45) is 7.05 Å². The van der Waals surface area contributed by atoms with Crippen LogP contribution in [0.1, 0.15) is 30.1 Å². The molecule has 106 valence electrons. The van der Waals surface area contributed by atoms with Gasteiger partial charge in [0.1, 0.15) is 11.4 Å². The third-order valence-corrected chi connectivity index (χ3v) is 2.95. The first-order valence-corrected chi connectivity index (χ1v) is 6.28. The van der Waals surface area contributed by atoms with E-state index in [1.54, 1.807) is 17.9 Å². The molecule has 0 spiro atoms. The highest BCUT2D eigenvalue weighted by Crippen LogP contribution is 2.24. The smallest absolute Gasteiger partial charge is 0.358 e. The number of aldehydes is 1. The number of aromatic nitrogens is 4. The van der Waals surface area contributed by atoms with Gasteiger partial charge in [0.05, 0.1) is 23.8 Å². The Morgan fingerprint density at radius 1 is 1.45 bits per heavy atom. The van der Waals surface area contributed by atoms with Gasteiger partial charge in [-0.1, -0.05) is 13.3 Å². The van der Waals surface area contributed by atoms with Crippen LogP contribution in [0.2, 0.25) is 0 Å². The zero-order chi connectivity index (χ0) is 14.7. The first kappa shape index (κ1) is 13.9. The monoisotopic (exact) mass is 277 g/mol. The van der Waals surface area contributed by atoms with Crippen molar-refractivity contribution in [3.05, 3.63) is 27.9 Å². The zero-order valence-electron chi connectivity index (χ0n) is 11.3. The van der Waals surface area contributed by atoms with E-state index in [2.05, 4.69) is 17.1 Å². The number of hydrogen-bond acceptors (Lipinski definition) is 5.